The van der Waals surface area contributed by atoms with Crippen LogP contribution in [-0.4, -0.2) is 10.9 Å². The zero-order valence-corrected chi connectivity index (χ0v) is 7.25. The predicted octanol–water partition coefficient (Wildman–Crippen LogP) is 1.17. The summed E-state index contributed by atoms with van der Waals surface area (Å²) in [5.74, 6) is -0.946. The van der Waals surface area contributed by atoms with Gasteiger partial charge in [0.25, 0.3) is 0 Å². The lowest BCUT2D eigenvalue weighted by molar-refractivity contribution is -0.430. The molecule has 0 bridgehead atoms. The second-order valence-electron chi connectivity index (χ2n) is 2.51. The van der Waals surface area contributed by atoms with Crippen molar-refractivity contribution in [2.75, 3.05) is 0 Å². The highest BCUT2D eigenvalue weighted by Crippen LogP contribution is 2.01. The molecule has 0 saturated carbocycles. The Morgan fingerprint density at radius 1 is 1.43 bits per heavy atom. The van der Waals surface area contributed by atoms with Gasteiger partial charge >= 0.3 is 12.5 Å². The summed E-state index contributed by atoms with van der Waals surface area (Å²) in [4.78, 5) is 19.7. The van der Waals surface area contributed by atoms with Crippen LogP contribution in [0.25, 0.3) is 0 Å². The van der Waals surface area contributed by atoms with Crippen molar-refractivity contribution in [2.24, 2.45) is 0 Å². The molecule has 0 spiro atoms. The Bertz CT molecular complexity index is 323. The topological polar surface area (TPSA) is 69.4 Å². The Kier molecular flexibility index (Phi) is 3.60. The Balaban J connectivity index is 2.34. The van der Waals surface area contributed by atoms with Crippen molar-refractivity contribution >= 4 is 5.97 Å². The van der Waals surface area contributed by atoms with Crippen molar-refractivity contribution in [1.82, 2.24) is 0 Å². The zero-order chi connectivity index (χ0) is 10.4. The van der Waals surface area contributed by atoms with E-state index in [1.54, 1.807) is 24.3 Å². The van der Waals surface area contributed by atoms with Crippen LogP contribution in [0.4, 0.5) is 0 Å². The smallest absolute Gasteiger partial charge is 0.390 e. The van der Waals surface area contributed by atoms with Crippen molar-refractivity contribution in [2.45, 2.75) is 6.61 Å². The molecule has 14 heavy (non-hydrogen) atoms. The van der Waals surface area contributed by atoms with Crippen LogP contribution in [-0.2, 0) is 16.1 Å². The summed E-state index contributed by atoms with van der Waals surface area (Å²) in [5, 5.41) is 9.87. The van der Waals surface area contributed by atoms with Crippen molar-refractivity contribution < 1.29 is 14.5 Å². The third-order valence-electron chi connectivity index (χ3n) is 1.43. The second kappa shape index (κ2) is 4.96. The largest absolute Gasteiger partial charge is 0.456 e. The minimum Gasteiger partial charge on any atom is -0.456 e. The molecule has 5 nitrogen and oxygen atoms in total. The van der Waals surface area contributed by atoms with E-state index in [9.17, 15) is 14.9 Å². The van der Waals surface area contributed by atoms with Crippen molar-refractivity contribution in [1.29, 1.82) is 0 Å². The quantitative estimate of drug-likeness (QED) is 0.409. The minimum atomic E-state index is -0.946. The van der Waals surface area contributed by atoms with Crippen LogP contribution < -0.4 is 0 Å². The van der Waals surface area contributed by atoms with E-state index in [4.69, 9.17) is 0 Å². The number of rotatable bonds is 4. The minimum absolute atomic E-state index is 0.0456. The van der Waals surface area contributed by atoms with Gasteiger partial charge in [-0.15, -0.1) is 0 Å². The molecule has 0 amide bonds. The number of nitrogens with zero attached hydrogens (tertiary/aromatic N) is 1. The third-order valence-corrected chi connectivity index (χ3v) is 1.43. The molecule has 1 aromatic rings. The summed E-state index contributed by atoms with van der Waals surface area (Å²) in [6.07, 6.45) is 0. The summed E-state index contributed by atoms with van der Waals surface area (Å²) in [6.45, 7) is 0.340. The van der Waals surface area contributed by atoms with Gasteiger partial charge in [0.1, 0.15) is 6.61 Å². The molecule has 0 aromatic heterocycles. The summed E-state index contributed by atoms with van der Waals surface area (Å²) in [6, 6.07) is 8.94. The van der Waals surface area contributed by atoms with E-state index in [-0.39, 0.29) is 6.61 Å². The van der Waals surface area contributed by atoms with Crippen LogP contribution in [0.2, 0.25) is 0 Å². The molecule has 0 N–H and O–H groups in total. The molecule has 0 unspecified atom stereocenters. The van der Waals surface area contributed by atoms with Gasteiger partial charge in [-0.3, -0.25) is 10.1 Å². The molecule has 73 valence electrons. The molecule has 1 rings (SSSR count). The molecule has 0 fully saturated rings. The molecule has 0 aliphatic carbocycles. The molecule has 0 aliphatic heterocycles. The fraction of sp³-hybridized carbons (Fsp3) is 0.111. The number of nitro groups is 1. The van der Waals surface area contributed by atoms with E-state index in [1.807, 2.05) is 6.07 Å². The van der Waals surface area contributed by atoms with E-state index in [0.717, 1.165) is 5.56 Å². The lowest BCUT2D eigenvalue weighted by Crippen LogP contribution is -2.10. The van der Waals surface area contributed by atoms with Gasteiger partial charge in [0.15, 0.2) is 0 Å². The maximum Gasteiger partial charge on any atom is 0.390 e. The number of carbonyl (C=O) groups is 1. The zero-order valence-electron chi connectivity index (χ0n) is 7.25. The van der Waals surface area contributed by atoms with Crippen molar-refractivity contribution in [3.63, 3.8) is 0 Å². The van der Waals surface area contributed by atoms with Gasteiger partial charge in [-0.25, -0.2) is 4.79 Å². The Morgan fingerprint density at radius 2 is 2.07 bits per heavy atom. The van der Waals surface area contributed by atoms with E-state index >= 15 is 0 Å². The number of ether oxygens (including phenoxy) is 1. The van der Waals surface area contributed by atoms with Gasteiger partial charge in [0, 0.05) is 4.92 Å². The Hall–Kier alpha value is -1.91. The van der Waals surface area contributed by atoms with Crippen LogP contribution in [0, 0.1) is 16.7 Å². The molecule has 5 heteroatoms. The van der Waals surface area contributed by atoms with E-state index in [0.29, 0.717) is 6.54 Å². The van der Waals surface area contributed by atoms with Crippen molar-refractivity contribution in [3.8, 4) is 0 Å². The summed E-state index contributed by atoms with van der Waals surface area (Å²) < 4.78 is 4.60. The molecule has 0 aliphatic rings. The second-order valence-corrected chi connectivity index (χ2v) is 2.51. The Morgan fingerprint density at radius 3 is 2.64 bits per heavy atom. The number of hydrogen-bond donors (Lipinski definition) is 0. The summed E-state index contributed by atoms with van der Waals surface area (Å²) in [5.41, 5.74) is 0.789. The highest BCUT2D eigenvalue weighted by Gasteiger charge is 2.12. The van der Waals surface area contributed by atoms with Gasteiger partial charge in [0.05, 0.1) is 0 Å². The molecular formula is C9H8NO4. The average molecular weight is 194 g/mol. The highest BCUT2D eigenvalue weighted by molar-refractivity contribution is 5.76. The normalized spacial score (nSPS) is 9.43. The fourth-order valence-corrected chi connectivity index (χ4v) is 0.852. The van der Waals surface area contributed by atoms with Gasteiger partial charge in [-0.1, -0.05) is 30.3 Å². The number of carbonyl (C=O) groups excluding carboxylic acids is 1. The van der Waals surface area contributed by atoms with Crippen LogP contribution in [0.3, 0.4) is 0 Å². The maximum atomic E-state index is 10.7. The van der Waals surface area contributed by atoms with Crippen LogP contribution in [0.1, 0.15) is 5.56 Å². The van der Waals surface area contributed by atoms with E-state index in [2.05, 4.69) is 4.74 Å². The number of esters is 1. The molecule has 0 saturated heterocycles. The average Bonchev–Trinajstić information content (AvgIpc) is 2.15. The van der Waals surface area contributed by atoms with Crippen LogP contribution >= 0.6 is 0 Å². The first-order chi connectivity index (χ1) is 6.68. The SMILES string of the molecule is O=C([CH][N+](=O)[O-])OCc1ccccc1. The molecule has 0 atom stereocenters. The predicted molar refractivity (Wildman–Crippen MR) is 47.5 cm³/mol. The Labute approximate surface area is 80.5 Å². The first-order valence-corrected chi connectivity index (χ1v) is 3.87. The first-order valence-electron chi connectivity index (χ1n) is 3.87. The fourth-order valence-electron chi connectivity index (χ4n) is 0.852. The molecular weight excluding hydrogens is 186 g/mol. The standard InChI is InChI=1S/C9H8NO4/c11-9(6-10(12)13)14-7-8-4-2-1-3-5-8/h1-6H,7H2. The van der Waals surface area contributed by atoms with Crippen LogP contribution in [0.15, 0.2) is 30.3 Å². The van der Waals surface area contributed by atoms with Gasteiger partial charge in [-0.2, -0.15) is 0 Å². The van der Waals surface area contributed by atoms with E-state index in [1.165, 1.54) is 0 Å². The number of hydrogen-bond acceptors (Lipinski definition) is 4. The molecule has 1 aromatic carbocycles. The number of benzene rings is 1. The molecule has 1 radical (unpaired) electrons. The summed E-state index contributed by atoms with van der Waals surface area (Å²) in [7, 11) is 0. The lowest BCUT2D eigenvalue weighted by atomic mass is 10.2. The maximum absolute atomic E-state index is 10.7. The van der Waals surface area contributed by atoms with Gasteiger partial charge < -0.3 is 4.74 Å². The lowest BCUT2D eigenvalue weighted by Gasteiger charge is -2.00. The molecule has 0 heterocycles. The monoisotopic (exact) mass is 194 g/mol. The summed E-state index contributed by atoms with van der Waals surface area (Å²) >= 11 is 0. The van der Waals surface area contributed by atoms with Gasteiger partial charge in [-0.05, 0) is 5.56 Å². The van der Waals surface area contributed by atoms with E-state index < -0.39 is 10.9 Å². The van der Waals surface area contributed by atoms with Crippen molar-refractivity contribution in [3.05, 3.63) is 52.6 Å². The third kappa shape index (κ3) is 3.66. The van der Waals surface area contributed by atoms with Crippen LogP contribution in [0.5, 0.6) is 0 Å². The first kappa shape index (κ1) is 10.2. The highest BCUT2D eigenvalue weighted by atomic mass is 16.6. The van der Waals surface area contributed by atoms with Gasteiger partial charge in [0.2, 0.25) is 0 Å².